The maximum absolute atomic E-state index is 13.5. The zero-order chi connectivity index (χ0) is 13.9. The van der Waals surface area contributed by atoms with E-state index in [4.69, 9.17) is 11.6 Å². The first-order valence-electron chi connectivity index (χ1n) is 7.17. The molecule has 0 bridgehead atoms. The molecule has 0 amide bonds. The molecule has 0 radical (unpaired) electrons. The summed E-state index contributed by atoms with van der Waals surface area (Å²) in [5.74, 6) is -0.317. The number of halogens is 2. The van der Waals surface area contributed by atoms with Crippen molar-refractivity contribution in [3.8, 4) is 0 Å². The fourth-order valence-electron chi connectivity index (χ4n) is 3.33. The molecule has 1 aliphatic carbocycles. The Bertz CT molecular complexity index is 427. The van der Waals surface area contributed by atoms with Gasteiger partial charge in [-0.05, 0) is 43.4 Å². The van der Waals surface area contributed by atoms with Crippen molar-refractivity contribution < 1.29 is 4.39 Å². The molecule has 0 spiro atoms. The second-order valence-corrected chi connectivity index (χ2v) is 6.35. The lowest BCUT2D eigenvalue weighted by molar-refractivity contribution is 0.149. The number of benzene rings is 1. The van der Waals surface area contributed by atoms with E-state index in [1.54, 1.807) is 6.07 Å². The zero-order valence-electron chi connectivity index (χ0n) is 11.8. The topological polar surface area (TPSA) is 12.0 Å². The van der Waals surface area contributed by atoms with Crippen LogP contribution in [0.2, 0.25) is 5.02 Å². The quantitative estimate of drug-likeness (QED) is 0.853. The van der Waals surface area contributed by atoms with Gasteiger partial charge in [0.1, 0.15) is 5.82 Å². The maximum atomic E-state index is 13.5. The number of hydrogen-bond acceptors (Lipinski definition) is 1. The van der Waals surface area contributed by atoms with E-state index < -0.39 is 0 Å². The highest BCUT2D eigenvalue weighted by Crippen LogP contribution is 2.40. The van der Waals surface area contributed by atoms with Crippen molar-refractivity contribution in [2.45, 2.75) is 51.5 Å². The van der Waals surface area contributed by atoms with Gasteiger partial charge in [0.2, 0.25) is 0 Å². The Balaban J connectivity index is 2.16. The summed E-state index contributed by atoms with van der Waals surface area (Å²) in [5.41, 5.74) is 1.20. The average Bonchev–Trinajstić information content (AvgIpc) is 2.41. The number of nitrogens with one attached hydrogen (secondary N) is 1. The van der Waals surface area contributed by atoms with Crippen LogP contribution >= 0.6 is 11.6 Å². The molecule has 1 fully saturated rings. The lowest BCUT2D eigenvalue weighted by Crippen LogP contribution is -2.44. The predicted octanol–water partition coefficient (Wildman–Crippen LogP) is 4.58. The SMILES string of the molecule is CNC(Cc1cccc(F)c1Cl)C1(C)CCCCC1. The van der Waals surface area contributed by atoms with E-state index in [1.807, 2.05) is 13.1 Å². The molecule has 19 heavy (non-hydrogen) atoms. The number of hydrogen-bond donors (Lipinski definition) is 1. The Kier molecular flexibility index (Phi) is 4.86. The molecule has 1 aromatic carbocycles. The molecule has 1 aromatic rings. The molecule has 1 saturated carbocycles. The molecular formula is C16H23ClFN. The average molecular weight is 284 g/mol. The van der Waals surface area contributed by atoms with E-state index in [0.717, 1.165) is 12.0 Å². The molecule has 0 aromatic heterocycles. The molecule has 2 rings (SSSR count). The van der Waals surface area contributed by atoms with Gasteiger partial charge in [-0.2, -0.15) is 0 Å². The summed E-state index contributed by atoms with van der Waals surface area (Å²) >= 11 is 6.08. The molecule has 1 nitrogen and oxygen atoms in total. The predicted molar refractivity (Wildman–Crippen MR) is 79.2 cm³/mol. The first kappa shape index (κ1) is 14.8. The van der Waals surface area contributed by atoms with Gasteiger partial charge in [0.05, 0.1) is 5.02 Å². The standard InChI is InChI=1S/C16H23ClFN/c1-16(9-4-3-5-10-16)14(19-2)11-12-7-6-8-13(18)15(12)17/h6-8,14,19H,3-5,9-11H2,1-2H3. The Morgan fingerprint density at radius 2 is 2.00 bits per heavy atom. The van der Waals surface area contributed by atoms with E-state index in [1.165, 1.54) is 38.2 Å². The van der Waals surface area contributed by atoms with Gasteiger partial charge >= 0.3 is 0 Å². The number of rotatable bonds is 4. The molecular weight excluding hydrogens is 261 g/mol. The third kappa shape index (κ3) is 3.29. The molecule has 0 saturated heterocycles. The van der Waals surface area contributed by atoms with Crippen LogP contribution in [0.1, 0.15) is 44.6 Å². The van der Waals surface area contributed by atoms with Crippen LogP contribution in [-0.4, -0.2) is 13.1 Å². The Hall–Kier alpha value is -0.600. The van der Waals surface area contributed by atoms with E-state index in [9.17, 15) is 4.39 Å². The summed E-state index contributed by atoms with van der Waals surface area (Å²) in [6.45, 7) is 2.35. The number of likely N-dealkylation sites (N-methyl/N-ethyl adjacent to an activating group) is 1. The van der Waals surface area contributed by atoms with Crippen LogP contribution in [0.5, 0.6) is 0 Å². The van der Waals surface area contributed by atoms with Crippen molar-refractivity contribution >= 4 is 11.6 Å². The van der Waals surface area contributed by atoms with Crippen molar-refractivity contribution in [3.05, 3.63) is 34.6 Å². The summed E-state index contributed by atoms with van der Waals surface area (Å²) in [6, 6.07) is 5.45. The fraction of sp³-hybridized carbons (Fsp3) is 0.625. The first-order chi connectivity index (χ1) is 9.07. The fourth-order valence-corrected chi connectivity index (χ4v) is 3.53. The molecule has 1 unspecified atom stereocenters. The Morgan fingerprint density at radius 3 is 2.63 bits per heavy atom. The van der Waals surface area contributed by atoms with Crippen LogP contribution in [-0.2, 0) is 6.42 Å². The van der Waals surface area contributed by atoms with E-state index in [0.29, 0.717) is 11.5 Å². The zero-order valence-corrected chi connectivity index (χ0v) is 12.6. The van der Waals surface area contributed by atoms with Crippen molar-refractivity contribution in [2.24, 2.45) is 5.41 Å². The van der Waals surface area contributed by atoms with E-state index >= 15 is 0 Å². The van der Waals surface area contributed by atoms with E-state index in [2.05, 4.69) is 12.2 Å². The third-order valence-electron chi connectivity index (χ3n) is 4.64. The van der Waals surface area contributed by atoms with Gasteiger partial charge in [-0.1, -0.05) is 49.9 Å². The van der Waals surface area contributed by atoms with Crippen LogP contribution in [0.25, 0.3) is 0 Å². The molecule has 1 aliphatic rings. The van der Waals surface area contributed by atoms with Gasteiger partial charge in [0.15, 0.2) is 0 Å². The monoisotopic (exact) mass is 283 g/mol. The minimum atomic E-state index is -0.317. The summed E-state index contributed by atoms with van der Waals surface area (Å²) in [7, 11) is 2.00. The summed E-state index contributed by atoms with van der Waals surface area (Å²) < 4.78 is 13.5. The van der Waals surface area contributed by atoms with E-state index in [-0.39, 0.29) is 10.8 Å². The highest BCUT2D eigenvalue weighted by molar-refractivity contribution is 6.31. The van der Waals surface area contributed by atoms with Crippen LogP contribution in [0.3, 0.4) is 0 Å². The summed E-state index contributed by atoms with van der Waals surface area (Å²) in [4.78, 5) is 0. The molecule has 1 atom stereocenters. The second kappa shape index (κ2) is 6.23. The lowest BCUT2D eigenvalue weighted by Gasteiger charge is -2.41. The van der Waals surface area contributed by atoms with Crippen molar-refractivity contribution in [3.63, 3.8) is 0 Å². The Morgan fingerprint density at radius 1 is 1.32 bits per heavy atom. The Labute approximate surface area is 120 Å². The van der Waals surface area contributed by atoms with Crippen LogP contribution in [0.4, 0.5) is 4.39 Å². The van der Waals surface area contributed by atoms with Crippen LogP contribution < -0.4 is 5.32 Å². The maximum Gasteiger partial charge on any atom is 0.142 e. The van der Waals surface area contributed by atoms with Crippen molar-refractivity contribution in [2.75, 3.05) is 7.05 Å². The van der Waals surface area contributed by atoms with Crippen molar-refractivity contribution in [1.29, 1.82) is 0 Å². The highest BCUT2D eigenvalue weighted by Gasteiger charge is 2.34. The minimum Gasteiger partial charge on any atom is -0.316 e. The van der Waals surface area contributed by atoms with Gasteiger partial charge in [-0.15, -0.1) is 0 Å². The minimum absolute atomic E-state index is 0.280. The molecule has 1 N–H and O–H groups in total. The lowest BCUT2D eigenvalue weighted by atomic mass is 9.69. The summed E-state index contributed by atoms with van der Waals surface area (Å²) in [6.07, 6.45) is 7.21. The van der Waals surface area contributed by atoms with Gasteiger partial charge < -0.3 is 5.32 Å². The van der Waals surface area contributed by atoms with Gasteiger partial charge in [-0.25, -0.2) is 4.39 Å². The highest BCUT2D eigenvalue weighted by atomic mass is 35.5. The largest absolute Gasteiger partial charge is 0.316 e. The molecule has 0 heterocycles. The summed E-state index contributed by atoms with van der Waals surface area (Å²) in [5, 5.41) is 3.71. The smallest absolute Gasteiger partial charge is 0.142 e. The normalized spacial score (nSPS) is 20.2. The second-order valence-electron chi connectivity index (χ2n) is 5.97. The van der Waals surface area contributed by atoms with Crippen molar-refractivity contribution in [1.82, 2.24) is 5.32 Å². The van der Waals surface area contributed by atoms with Crippen LogP contribution in [0, 0.1) is 11.2 Å². The van der Waals surface area contributed by atoms with Gasteiger partial charge in [-0.3, -0.25) is 0 Å². The molecule has 3 heteroatoms. The van der Waals surface area contributed by atoms with Crippen LogP contribution in [0.15, 0.2) is 18.2 Å². The first-order valence-corrected chi connectivity index (χ1v) is 7.55. The molecule has 0 aliphatic heterocycles. The van der Waals surface area contributed by atoms with Gasteiger partial charge in [0, 0.05) is 6.04 Å². The van der Waals surface area contributed by atoms with Gasteiger partial charge in [0.25, 0.3) is 0 Å². The molecule has 106 valence electrons. The third-order valence-corrected chi connectivity index (χ3v) is 5.06.